The zero-order valence-corrected chi connectivity index (χ0v) is 11.1. The Balaban J connectivity index is 2.02. The second-order valence-corrected chi connectivity index (χ2v) is 4.98. The highest BCUT2D eigenvalue weighted by molar-refractivity contribution is 6.05. The van der Waals surface area contributed by atoms with E-state index in [0.717, 1.165) is 5.56 Å². The normalized spacial score (nSPS) is 20.7. The number of nitrogens with zero attached hydrogens (tertiary/aromatic N) is 3. The maximum Gasteiger partial charge on any atom is 0.227 e. The molecule has 20 heavy (non-hydrogen) atoms. The molecule has 3 rings (SSSR count). The third kappa shape index (κ3) is 1.95. The summed E-state index contributed by atoms with van der Waals surface area (Å²) in [5.74, 6) is -0.0925. The summed E-state index contributed by atoms with van der Waals surface area (Å²) in [6.07, 6.45) is -0.889. The van der Waals surface area contributed by atoms with Gasteiger partial charge in [0.25, 0.3) is 0 Å². The molecule has 1 aliphatic rings. The van der Waals surface area contributed by atoms with Gasteiger partial charge in [-0.15, -0.1) is 5.10 Å². The van der Waals surface area contributed by atoms with Gasteiger partial charge < -0.3 is 0 Å². The molecular formula is C15H14FN3O. The molecule has 102 valence electrons. The third-order valence-electron chi connectivity index (χ3n) is 3.44. The van der Waals surface area contributed by atoms with Crippen molar-refractivity contribution in [2.24, 2.45) is 0 Å². The van der Waals surface area contributed by atoms with E-state index in [1.54, 1.807) is 6.92 Å². The molecule has 0 fully saturated rings. The monoisotopic (exact) mass is 271 g/mol. The number of alkyl halides is 1. The van der Waals surface area contributed by atoms with E-state index in [0.29, 0.717) is 12.0 Å². The third-order valence-corrected chi connectivity index (χ3v) is 3.44. The summed E-state index contributed by atoms with van der Waals surface area (Å²) < 4.78 is 15.6. The number of aromatic nitrogens is 3. The van der Waals surface area contributed by atoms with Gasteiger partial charge in [-0.2, -0.15) is 0 Å². The Hall–Kier alpha value is -2.30. The first-order chi connectivity index (χ1) is 9.58. The van der Waals surface area contributed by atoms with Crippen LogP contribution in [0.5, 0.6) is 0 Å². The molecule has 1 aromatic carbocycles. The molecule has 1 aliphatic heterocycles. The molecular weight excluding hydrogens is 257 g/mol. The molecule has 0 saturated heterocycles. The highest BCUT2D eigenvalue weighted by Crippen LogP contribution is 2.39. The predicted molar refractivity (Wildman–Crippen MR) is 72.2 cm³/mol. The second kappa shape index (κ2) is 4.67. The minimum Gasteiger partial charge on any atom is -0.285 e. The molecule has 2 heterocycles. The number of benzene rings is 1. The molecule has 0 amide bonds. The Bertz CT molecular complexity index is 678. The van der Waals surface area contributed by atoms with E-state index >= 15 is 0 Å². The SMILES string of the molecule is C=C(C)C(=O)c1nc2n(n1)C(c1ccccc1)CC2F. The molecule has 2 aromatic rings. The Kier molecular flexibility index (Phi) is 2.97. The van der Waals surface area contributed by atoms with Crippen LogP contribution in [-0.4, -0.2) is 20.5 Å². The number of carbonyl (C=O) groups excluding carboxylic acids is 1. The molecule has 0 N–H and O–H groups in total. The Morgan fingerprint density at radius 2 is 2.10 bits per heavy atom. The number of halogens is 1. The number of Topliss-reactive ketones (excluding diaryl/α,β-unsaturated/α-hetero) is 1. The van der Waals surface area contributed by atoms with Gasteiger partial charge in [-0.1, -0.05) is 36.9 Å². The van der Waals surface area contributed by atoms with Gasteiger partial charge in [0.1, 0.15) is 0 Å². The molecule has 5 heteroatoms. The van der Waals surface area contributed by atoms with Gasteiger partial charge in [-0.3, -0.25) is 4.79 Å². The largest absolute Gasteiger partial charge is 0.285 e. The van der Waals surface area contributed by atoms with Crippen LogP contribution in [0.3, 0.4) is 0 Å². The number of fused-ring (bicyclic) bond motifs is 1. The van der Waals surface area contributed by atoms with E-state index in [4.69, 9.17) is 0 Å². The zero-order valence-electron chi connectivity index (χ0n) is 11.1. The van der Waals surface area contributed by atoms with Crippen molar-refractivity contribution in [1.82, 2.24) is 14.8 Å². The summed E-state index contributed by atoms with van der Waals surface area (Å²) >= 11 is 0. The van der Waals surface area contributed by atoms with Crippen molar-refractivity contribution >= 4 is 5.78 Å². The molecule has 0 radical (unpaired) electrons. The van der Waals surface area contributed by atoms with Crippen molar-refractivity contribution in [1.29, 1.82) is 0 Å². The first-order valence-electron chi connectivity index (χ1n) is 6.43. The van der Waals surface area contributed by atoms with E-state index in [2.05, 4.69) is 16.7 Å². The van der Waals surface area contributed by atoms with E-state index < -0.39 is 6.17 Å². The molecule has 0 aliphatic carbocycles. The van der Waals surface area contributed by atoms with Crippen molar-refractivity contribution in [3.05, 3.63) is 59.7 Å². The summed E-state index contributed by atoms with van der Waals surface area (Å²) in [4.78, 5) is 15.9. The van der Waals surface area contributed by atoms with E-state index in [9.17, 15) is 9.18 Å². The molecule has 2 unspecified atom stereocenters. The Morgan fingerprint density at radius 1 is 1.40 bits per heavy atom. The van der Waals surface area contributed by atoms with Crippen molar-refractivity contribution < 1.29 is 9.18 Å². The minimum atomic E-state index is -1.20. The lowest BCUT2D eigenvalue weighted by Gasteiger charge is -2.11. The van der Waals surface area contributed by atoms with Crippen LogP contribution in [0.2, 0.25) is 0 Å². The number of allylic oxidation sites excluding steroid dienone is 1. The van der Waals surface area contributed by atoms with Crippen LogP contribution in [0.15, 0.2) is 42.5 Å². The lowest BCUT2D eigenvalue weighted by atomic mass is 10.0. The van der Waals surface area contributed by atoms with Crippen molar-refractivity contribution in [2.45, 2.75) is 25.6 Å². The first kappa shape index (κ1) is 12.7. The van der Waals surface area contributed by atoms with Crippen molar-refractivity contribution in [3.63, 3.8) is 0 Å². The maximum absolute atomic E-state index is 14.1. The van der Waals surface area contributed by atoms with Crippen LogP contribution in [0.25, 0.3) is 0 Å². The van der Waals surface area contributed by atoms with E-state index in [1.165, 1.54) is 4.68 Å². The average Bonchev–Trinajstić information content (AvgIpc) is 3.00. The summed E-state index contributed by atoms with van der Waals surface area (Å²) in [5, 5.41) is 4.18. The highest BCUT2D eigenvalue weighted by Gasteiger charge is 2.36. The van der Waals surface area contributed by atoms with E-state index in [-0.39, 0.29) is 23.5 Å². The lowest BCUT2D eigenvalue weighted by molar-refractivity contribution is 0.102. The first-order valence-corrected chi connectivity index (χ1v) is 6.43. The second-order valence-electron chi connectivity index (χ2n) is 4.98. The lowest BCUT2D eigenvalue weighted by Crippen LogP contribution is -2.10. The topological polar surface area (TPSA) is 47.8 Å². The fraction of sp³-hybridized carbons (Fsp3) is 0.267. The average molecular weight is 271 g/mol. The van der Waals surface area contributed by atoms with Gasteiger partial charge in [0.05, 0.1) is 6.04 Å². The van der Waals surface area contributed by atoms with Crippen LogP contribution < -0.4 is 0 Å². The smallest absolute Gasteiger partial charge is 0.227 e. The molecule has 0 saturated carbocycles. The standard InChI is InChI=1S/C15H14FN3O/c1-9(2)13(20)14-17-15-11(16)8-12(19(15)18-14)10-6-4-3-5-7-10/h3-7,11-12H,1,8H2,2H3. The summed E-state index contributed by atoms with van der Waals surface area (Å²) in [5.41, 5.74) is 1.31. The molecule has 4 nitrogen and oxygen atoms in total. The summed E-state index contributed by atoms with van der Waals surface area (Å²) in [6, 6.07) is 9.35. The minimum absolute atomic E-state index is 0.0239. The van der Waals surface area contributed by atoms with Crippen LogP contribution in [0.4, 0.5) is 4.39 Å². The van der Waals surface area contributed by atoms with Gasteiger partial charge in [0, 0.05) is 6.42 Å². The summed E-state index contributed by atoms with van der Waals surface area (Å²) in [7, 11) is 0. The molecule has 0 spiro atoms. The van der Waals surface area contributed by atoms with Crippen molar-refractivity contribution in [2.75, 3.05) is 0 Å². The number of ketones is 1. The van der Waals surface area contributed by atoms with Gasteiger partial charge in [-0.05, 0) is 18.1 Å². The van der Waals surface area contributed by atoms with Gasteiger partial charge in [0.2, 0.25) is 11.6 Å². The Morgan fingerprint density at radius 3 is 2.75 bits per heavy atom. The van der Waals surface area contributed by atoms with Gasteiger partial charge in [-0.25, -0.2) is 14.1 Å². The van der Waals surface area contributed by atoms with Crippen LogP contribution in [-0.2, 0) is 0 Å². The van der Waals surface area contributed by atoms with Gasteiger partial charge >= 0.3 is 0 Å². The number of rotatable bonds is 3. The Labute approximate surface area is 116 Å². The zero-order chi connectivity index (χ0) is 14.3. The molecule has 0 bridgehead atoms. The van der Waals surface area contributed by atoms with Crippen LogP contribution >= 0.6 is 0 Å². The fourth-order valence-electron chi connectivity index (χ4n) is 2.42. The summed E-state index contributed by atoms with van der Waals surface area (Å²) in [6.45, 7) is 5.17. The fourth-order valence-corrected chi connectivity index (χ4v) is 2.42. The van der Waals surface area contributed by atoms with E-state index in [1.807, 2.05) is 30.3 Å². The molecule has 1 aromatic heterocycles. The number of carbonyl (C=O) groups is 1. The van der Waals surface area contributed by atoms with Gasteiger partial charge in [0.15, 0.2) is 12.0 Å². The van der Waals surface area contributed by atoms with Crippen LogP contribution in [0, 0.1) is 0 Å². The maximum atomic E-state index is 14.1. The number of hydrogen-bond acceptors (Lipinski definition) is 3. The van der Waals surface area contributed by atoms with Crippen LogP contribution in [0.1, 0.15) is 47.6 Å². The van der Waals surface area contributed by atoms with Crippen molar-refractivity contribution in [3.8, 4) is 0 Å². The highest BCUT2D eigenvalue weighted by atomic mass is 19.1. The quantitative estimate of drug-likeness (QED) is 0.636. The molecule has 2 atom stereocenters. The predicted octanol–water partition coefficient (Wildman–Crippen LogP) is 3.04. The number of hydrogen-bond donors (Lipinski definition) is 0.